The van der Waals surface area contributed by atoms with Crippen molar-refractivity contribution in [1.82, 2.24) is 15.3 Å². The molecule has 1 amide bonds. The van der Waals surface area contributed by atoms with E-state index in [9.17, 15) is 4.79 Å². The minimum Gasteiger partial charge on any atom is -0.497 e. The maximum absolute atomic E-state index is 12.3. The predicted molar refractivity (Wildman–Crippen MR) is 101 cm³/mol. The highest BCUT2D eigenvalue weighted by Crippen LogP contribution is 2.14. The standard InChI is InChI=1S/C20H20N4O2/c1-26-18-4-2-15(3-5-18)6-12-23-20(25)16-7-13-22-19(14-16)24-17-8-10-21-11-9-17/h2-5,7-11,13-14H,6,12H2,1H3,(H,23,25)(H,21,22,24). The normalized spacial score (nSPS) is 10.2. The molecule has 2 heterocycles. The van der Waals surface area contributed by atoms with Crippen molar-refractivity contribution in [2.75, 3.05) is 19.0 Å². The summed E-state index contributed by atoms with van der Waals surface area (Å²) in [6, 6.07) is 14.9. The summed E-state index contributed by atoms with van der Waals surface area (Å²) in [4.78, 5) is 20.6. The second-order valence-corrected chi connectivity index (χ2v) is 5.64. The Balaban J connectivity index is 1.55. The lowest BCUT2D eigenvalue weighted by molar-refractivity contribution is 0.0954. The van der Waals surface area contributed by atoms with Crippen molar-refractivity contribution in [1.29, 1.82) is 0 Å². The van der Waals surface area contributed by atoms with E-state index in [0.29, 0.717) is 17.9 Å². The van der Waals surface area contributed by atoms with E-state index in [4.69, 9.17) is 4.74 Å². The molecule has 0 radical (unpaired) electrons. The summed E-state index contributed by atoms with van der Waals surface area (Å²) in [7, 11) is 1.64. The van der Waals surface area contributed by atoms with Crippen LogP contribution in [0.4, 0.5) is 11.5 Å². The van der Waals surface area contributed by atoms with Gasteiger partial charge < -0.3 is 15.4 Å². The highest BCUT2D eigenvalue weighted by atomic mass is 16.5. The minimum atomic E-state index is -0.126. The molecule has 6 nitrogen and oxygen atoms in total. The first-order valence-corrected chi connectivity index (χ1v) is 8.29. The van der Waals surface area contributed by atoms with E-state index >= 15 is 0 Å². The Labute approximate surface area is 152 Å². The van der Waals surface area contributed by atoms with Crippen LogP contribution in [0.2, 0.25) is 0 Å². The van der Waals surface area contributed by atoms with Crippen molar-refractivity contribution in [2.24, 2.45) is 0 Å². The molecule has 0 saturated heterocycles. The Hall–Kier alpha value is -3.41. The number of ether oxygens (including phenoxy) is 1. The summed E-state index contributed by atoms with van der Waals surface area (Å²) in [5.41, 5.74) is 2.57. The molecule has 1 aromatic carbocycles. The number of hydrogen-bond acceptors (Lipinski definition) is 5. The van der Waals surface area contributed by atoms with Crippen LogP contribution in [0.5, 0.6) is 5.75 Å². The van der Waals surface area contributed by atoms with Crippen molar-refractivity contribution in [2.45, 2.75) is 6.42 Å². The second-order valence-electron chi connectivity index (χ2n) is 5.64. The molecule has 0 aliphatic heterocycles. The van der Waals surface area contributed by atoms with E-state index in [-0.39, 0.29) is 5.91 Å². The first kappa shape index (κ1) is 17.4. The number of nitrogens with one attached hydrogen (secondary N) is 2. The van der Waals surface area contributed by atoms with Crippen LogP contribution in [0.1, 0.15) is 15.9 Å². The van der Waals surface area contributed by atoms with E-state index in [1.807, 2.05) is 36.4 Å². The number of aromatic nitrogens is 2. The molecule has 0 aliphatic rings. The van der Waals surface area contributed by atoms with E-state index in [1.165, 1.54) is 0 Å². The first-order valence-electron chi connectivity index (χ1n) is 8.29. The molecule has 6 heteroatoms. The fraction of sp³-hybridized carbons (Fsp3) is 0.150. The van der Waals surface area contributed by atoms with Crippen LogP contribution < -0.4 is 15.4 Å². The Kier molecular flexibility index (Phi) is 5.77. The Morgan fingerprint density at radius 3 is 2.54 bits per heavy atom. The molecule has 0 aliphatic carbocycles. The lowest BCUT2D eigenvalue weighted by atomic mass is 10.1. The van der Waals surface area contributed by atoms with E-state index in [2.05, 4.69) is 20.6 Å². The summed E-state index contributed by atoms with van der Waals surface area (Å²) in [5, 5.41) is 6.08. The fourth-order valence-electron chi connectivity index (χ4n) is 2.44. The Bertz CT molecular complexity index is 851. The van der Waals surface area contributed by atoms with Gasteiger partial charge in [-0.05, 0) is 48.4 Å². The lowest BCUT2D eigenvalue weighted by Gasteiger charge is -2.08. The van der Waals surface area contributed by atoms with Gasteiger partial charge in [0, 0.05) is 36.4 Å². The van der Waals surface area contributed by atoms with Crippen LogP contribution in [-0.4, -0.2) is 29.5 Å². The van der Waals surface area contributed by atoms with Gasteiger partial charge in [0.25, 0.3) is 5.91 Å². The lowest BCUT2D eigenvalue weighted by Crippen LogP contribution is -2.25. The molecule has 0 saturated carbocycles. The van der Waals surface area contributed by atoms with Gasteiger partial charge >= 0.3 is 0 Å². The number of pyridine rings is 2. The molecular formula is C20H20N4O2. The zero-order valence-electron chi connectivity index (χ0n) is 14.5. The average molecular weight is 348 g/mol. The number of hydrogen-bond donors (Lipinski definition) is 2. The molecule has 132 valence electrons. The van der Waals surface area contributed by atoms with Crippen molar-refractivity contribution in [3.05, 3.63) is 78.2 Å². The fourth-order valence-corrected chi connectivity index (χ4v) is 2.44. The highest BCUT2D eigenvalue weighted by molar-refractivity contribution is 5.94. The third-order valence-corrected chi connectivity index (χ3v) is 3.83. The Morgan fingerprint density at radius 1 is 1.04 bits per heavy atom. The number of carbonyl (C=O) groups is 1. The zero-order chi connectivity index (χ0) is 18.2. The quantitative estimate of drug-likeness (QED) is 0.686. The van der Waals surface area contributed by atoms with Crippen molar-refractivity contribution in [3.8, 4) is 5.75 Å². The van der Waals surface area contributed by atoms with E-state index in [1.54, 1.807) is 37.8 Å². The van der Waals surface area contributed by atoms with E-state index < -0.39 is 0 Å². The molecule has 0 spiro atoms. The molecule has 26 heavy (non-hydrogen) atoms. The topological polar surface area (TPSA) is 76.1 Å². The summed E-state index contributed by atoms with van der Waals surface area (Å²) in [6.45, 7) is 0.556. The monoisotopic (exact) mass is 348 g/mol. The number of amides is 1. The molecule has 2 aromatic heterocycles. The van der Waals surface area contributed by atoms with Crippen LogP contribution in [0.25, 0.3) is 0 Å². The number of rotatable bonds is 7. The number of anilines is 2. The maximum Gasteiger partial charge on any atom is 0.251 e. The molecular weight excluding hydrogens is 328 g/mol. The van der Waals surface area contributed by atoms with Gasteiger partial charge in [-0.2, -0.15) is 0 Å². The number of carbonyl (C=O) groups excluding carboxylic acids is 1. The molecule has 2 N–H and O–H groups in total. The molecule has 0 atom stereocenters. The second kappa shape index (κ2) is 8.62. The third-order valence-electron chi connectivity index (χ3n) is 3.83. The SMILES string of the molecule is COc1ccc(CCNC(=O)c2ccnc(Nc3ccncc3)c2)cc1. The van der Waals surface area contributed by atoms with Crippen molar-refractivity contribution < 1.29 is 9.53 Å². The summed E-state index contributed by atoms with van der Waals surface area (Å²) >= 11 is 0. The molecule has 3 rings (SSSR count). The molecule has 0 bridgehead atoms. The first-order chi connectivity index (χ1) is 12.7. The molecule has 3 aromatic rings. The van der Waals surface area contributed by atoms with Gasteiger partial charge in [0.05, 0.1) is 7.11 Å². The van der Waals surface area contributed by atoms with E-state index in [0.717, 1.165) is 23.4 Å². The van der Waals surface area contributed by atoms with Gasteiger partial charge in [0.2, 0.25) is 0 Å². The summed E-state index contributed by atoms with van der Waals surface area (Å²) in [5.74, 6) is 1.31. The molecule has 0 unspecified atom stereocenters. The van der Waals surface area contributed by atoms with Crippen LogP contribution in [0.3, 0.4) is 0 Å². The van der Waals surface area contributed by atoms with Gasteiger partial charge in [-0.15, -0.1) is 0 Å². The summed E-state index contributed by atoms with van der Waals surface area (Å²) in [6.07, 6.45) is 5.75. The third kappa shape index (κ3) is 4.80. The van der Waals surface area contributed by atoms with Crippen LogP contribution in [0, 0.1) is 0 Å². The minimum absolute atomic E-state index is 0.126. The molecule has 0 fully saturated rings. The van der Waals surface area contributed by atoms with Gasteiger partial charge in [0.15, 0.2) is 0 Å². The van der Waals surface area contributed by atoms with Crippen molar-refractivity contribution >= 4 is 17.4 Å². The van der Waals surface area contributed by atoms with Gasteiger partial charge in [-0.25, -0.2) is 4.98 Å². The van der Waals surface area contributed by atoms with Crippen LogP contribution in [0.15, 0.2) is 67.1 Å². The Morgan fingerprint density at radius 2 is 1.81 bits per heavy atom. The number of methoxy groups -OCH3 is 1. The maximum atomic E-state index is 12.3. The zero-order valence-corrected chi connectivity index (χ0v) is 14.5. The van der Waals surface area contributed by atoms with Crippen LogP contribution >= 0.6 is 0 Å². The van der Waals surface area contributed by atoms with Crippen molar-refractivity contribution in [3.63, 3.8) is 0 Å². The predicted octanol–water partition coefficient (Wildman–Crippen LogP) is 3.20. The smallest absolute Gasteiger partial charge is 0.251 e. The van der Waals surface area contributed by atoms with Crippen LogP contribution in [-0.2, 0) is 6.42 Å². The average Bonchev–Trinajstić information content (AvgIpc) is 2.69. The van der Waals surface area contributed by atoms with Gasteiger partial charge in [-0.1, -0.05) is 12.1 Å². The van der Waals surface area contributed by atoms with Gasteiger partial charge in [0.1, 0.15) is 11.6 Å². The van der Waals surface area contributed by atoms with Gasteiger partial charge in [-0.3, -0.25) is 9.78 Å². The largest absolute Gasteiger partial charge is 0.497 e. The highest BCUT2D eigenvalue weighted by Gasteiger charge is 2.07. The summed E-state index contributed by atoms with van der Waals surface area (Å²) < 4.78 is 5.14. The number of benzene rings is 1. The number of nitrogens with zero attached hydrogens (tertiary/aromatic N) is 2.